The molecule has 1 saturated heterocycles. The Morgan fingerprint density at radius 2 is 1.40 bits per heavy atom. The lowest BCUT2D eigenvalue weighted by atomic mass is 10.1. The largest absolute Gasteiger partial charge is 0.490 e. The second kappa shape index (κ2) is 18.1. The predicted molar refractivity (Wildman–Crippen MR) is 191 cm³/mol. The van der Waals surface area contributed by atoms with Crippen molar-refractivity contribution < 1.29 is 98.4 Å². The minimum atomic E-state index is -6.26. The molecule has 1 aromatic carbocycles. The fourth-order valence-corrected chi connectivity index (χ4v) is 10.8. The summed E-state index contributed by atoms with van der Waals surface area (Å²) in [6.45, 7) is 4.66. The number of ether oxygens (including phenoxy) is 2. The highest BCUT2D eigenvalue weighted by Crippen LogP contribution is 2.73. The number of imidazole rings is 1. The van der Waals surface area contributed by atoms with Gasteiger partial charge in [0.2, 0.25) is 0 Å². The molecule has 34 heteroatoms. The van der Waals surface area contributed by atoms with Gasteiger partial charge in [-0.1, -0.05) is 0 Å². The summed E-state index contributed by atoms with van der Waals surface area (Å²) in [6, 6.07) is 7.33. The molecule has 0 amide bonds. The lowest BCUT2D eigenvalue weighted by Crippen LogP contribution is -2.33. The predicted octanol–water partition coefficient (Wildman–Crippen LogP) is 0.853. The Hall–Kier alpha value is -3.36. The molecule has 8 atom stereocenters. The maximum absolute atomic E-state index is 12.1. The summed E-state index contributed by atoms with van der Waals surface area (Å²) in [7, 11) is -30.1. The molecule has 4 aromatic rings. The third-order valence-corrected chi connectivity index (χ3v) is 14.2. The van der Waals surface area contributed by atoms with Gasteiger partial charge in [0.25, 0.3) is 0 Å². The van der Waals surface area contributed by atoms with Crippen LogP contribution in [0.1, 0.15) is 34.9 Å². The molecule has 0 radical (unpaired) electrons. The van der Waals surface area contributed by atoms with Crippen LogP contribution in [0, 0.1) is 13.8 Å². The van der Waals surface area contributed by atoms with Gasteiger partial charge in [-0.2, -0.15) is 22.3 Å². The van der Waals surface area contributed by atoms with Crippen LogP contribution < -0.4 is 11.5 Å². The molecule has 322 valence electrons. The number of aryl methyl sites for hydroxylation is 1. The molecule has 4 unspecified atom stereocenters. The van der Waals surface area contributed by atoms with Gasteiger partial charge in [-0.05, 0) is 45.0 Å². The van der Waals surface area contributed by atoms with E-state index >= 15 is 0 Å². The van der Waals surface area contributed by atoms with Crippen LogP contribution in [-0.2, 0) is 54.1 Å². The van der Waals surface area contributed by atoms with E-state index in [9.17, 15) is 52.5 Å². The molecule has 0 spiro atoms. The number of aromatic nitrogens is 6. The molecular weight excluding hydrogens is 891 g/mol. The molecule has 12 N–H and O–H groups in total. The Bertz CT molecular complexity index is 2370. The number of aliphatic hydroxyl groups excluding tert-OH is 2. The Labute approximate surface area is 324 Å². The number of benzene rings is 1. The second-order valence-electron chi connectivity index (χ2n) is 11.4. The minimum absolute atomic E-state index is 0.0189. The highest BCUT2D eigenvalue weighted by molar-refractivity contribution is 7.71. The maximum atomic E-state index is 12.1. The number of aliphatic hydroxyl groups is 2. The lowest BCUT2D eigenvalue weighted by Gasteiger charge is -2.20. The number of nitrogens with two attached hydrogens (primary N) is 2. The number of rotatable bonds is 15. The van der Waals surface area contributed by atoms with Gasteiger partial charge in [-0.3, -0.25) is 9.09 Å². The molecule has 3 aromatic heterocycles. The van der Waals surface area contributed by atoms with Gasteiger partial charge < -0.3 is 60.5 Å². The van der Waals surface area contributed by atoms with Crippen LogP contribution >= 0.6 is 39.1 Å². The van der Waals surface area contributed by atoms with Crippen LogP contribution in [-0.4, -0.2) is 106 Å². The SMILES string of the molecule is CCOC(=O)c1c(C)nn(-c2ccc(N)cc2)c1C.Nc1ncnc2c1ncn2[C@@H]1O[C@H](COP(=O)(O)OP(=O)(O)OP(=O)(O)OP(=O)(O)OP(=O)(O)O)[C@@H](O)[C@H]1O. The Balaban J connectivity index is 0.000000326. The van der Waals surface area contributed by atoms with Crippen molar-refractivity contribution in [3.05, 3.63) is 53.9 Å². The maximum Gasteiger partial charge on any atom is 0.490 e. The number of carbonyl (C=O) groups is 1. The fourth-order valence-electron chi connectivity index (χ4n) is 4.92. The highest BCUT2D eigenvalue weighted by Gasteiger charge is 2.49. The van der Waals surface area contributed by atoms with Crippen LogP contribution in [0.2, 0.25) is 0 Å². The Kier molecular flexibility index (Phi) is 14.8. The van der Waals surface area contributed by atoms with Crippen molar-refractivity contribution in [3.63, 3.8) is 0 Å². The lowest BCUT2D eigenvalue weighted by molar-refractivity contribution is -0.0503. The molecule has 4 heterocycles. The van der Waals surface area contributed by atoms with E-state index in [-0.39, 0.29) is 23.0 Å². The van der Waals surface area contributed by atoms with Crippen molar-refractivity contribution >= 4 is 67.8 Å². The van der Waals surface area contributed by atoms with Crippen LogP contribution in [0.4, 0.5) is 11.5 Å². The Morgan fingerprint density at radius 1 is 0.828 bits per heavy atom. The number of phosphoric ester groups is 1. The van der Waals surface area contributed by atoms with E-state index in [0.29, 0.717) is 23.6 Å². The molecule has 29 nitrogen and oxygen atoms in total. The summed E-state index contributed by atoms with van der Waals surface area (Å²) in [5.41, 5.74) is 15.0. The van der Waals surface area contributed by atoms with Gasteiger partial charge in [0.15, 0.2) is 17.7 Å². The number of fused-ring (bicyclic) bond motifs is 1. The molecular formula is C24H35N8O21P5. The molecule has 1 aliphatic heterocycles. The first-order valence-electron chi connectivity index (χ1n) is 15.5. The monoisotopic (exact) mass is 926 g/mol. The summed E-state index contributed by atoms with van der Waals surface area (Å²) in [5.74, 6) is -0.353. The standard InChI is InChI=1S/C14H17N3O2.C10H18N5O19P5/c1-4-19-14(18)13-9(2)16-17(10(13)3)12-7-5-11(15)6-8-12;11-8-5-9(13-2-12-8)15(3-14-5)10-7(17)6(16)4(30-10)1-29-36(21,22)32-38(25,26)34-39(27,28)33-37(23,24)31-35(18,19)20/h5-8H,4,15H2,1-3H3;2-4,6-7,10,16-17H,1H2,(H,21,22)(H,23,24)(H,25,26)(H,27,28)(H2,11,12,13)(H2,18,19,20)/t;4-,6-,7-,10-/m.1/s1. The smallest absolute Gasteiger partial charge is 0.462 e. The zero-order valence-electron chi connectivity index (χ0n) is 29.6. The van der Waals surface area contributed by atoms with Crippen molar-refractivity contribution in [3.8, 4) is 5.69 Å². The normalized spacial score (nSPS) is 22.5. The topological polar surface area (TPSA) is 442 Å². The van der Waals surface area contributed by atoms with Crippen molar-refractivity contribution in [2.45, 2.75) is 45.3 Å². The van der Waals surface area contributed by atoms with E-state index in [1.165, 1.54) is 0 Å². The van der Waals surface area contributed by atoms with Crippen molar-refractivity contribution in [2.24, 2.45) is 0 Å². The summed E-state index contributed by atoms with van der Waals surface area (Å²) in [5, 5.41) is 25.0. The third kappa shape index (κ3) is 12.3. The molecule has 1 aliphatic rings. The average molecular weight is 926 g/mol. The van der Waals surface area contributed by atoms with Crippen molar-refractivity contribution in [1.82, 2.24) is 29.3 Å². The number of hydrogen-bond acceptors (Lipinski definition) is 21. The molecule has 58 heavy (non-hydrogen) atoms. The summed E-state index contributed by atoms with van der Waals surface area (Å²) < 4.78 is 88.9. The molecule has 5 rings (SSSR count). The van der Waals surface area contributed by atoms with E-state index in [1.807, 2.05) is 19.1 Å². The van der Waals surface area contributed by atoms with E-state index < -0.39 is 70.3 Å². The highest BCUT2D eigenvalue weighted by atomic mass is 31.3. The fraction of sp³-hybridized carbons (Fsp3) is 0.375. The van der Waals surface area contributed by atoms with Crippen LogP contribution in [0.15, 0.2) is 36.9 Å². The number of nitrogens with zero attached hydrogens (tertiary/aromatic N) is 6. The van der Waals surface area contributed by atoms with Crippen molar-refractivity contribution in [1.29, 1.82) is 0 Å². The van der Waals surface area contributed by atoms with Gasteiger partial charge >= 0.3 is 45.1 Å². The summed E-state index contributed by atoms with van der Waals surface area (Å²) >= 11 is 0. The van der Waals surface area contributed by atoms with E-state index in [2.05, 4.69) is 41.8 Å². The van der Waals surface area contributed by atoms with Gasteiger partial charge in [-0.25, -0.2) is 47.3 Å². The van der Waals surface area contributed by atoms with Gasteiger partial charge in [-0.15, -0.1) is 0 Å². The Morgan fingerprint density at radius 3 is 1.97 bits per heavy atom. The van der Waals surface area contributed by atoms with Crippen molar-refractivity contribution in [2.75, 3.05) is 24.7 Å². The first-order valence-corrected chi connectivity index (χ1v) is 23.1. The minimum Gasteiger partial charge on any atom is -0.462 e. The number of hydrogen-bond donors (Lipinski definition) is 10. The third-order valence-electron chi connectivity index (χ3n) is 7.14. The van der Waals surface area contributed by atoms with Gasteiger partial charge in [0.05, 0.1) is 36.6 Å². The quantitative estimate of drug-likeness (QED) is 0.0449. The molecule has 1 fully saturated rings. The summed E-state index contributed by atoms with van der Waals surface area (Å²) in [4.78, 5) is 77.8. The number of anilines is 2. The van der Waals surface area contributed by atoms with E-state index in [4.69, 9.17) is 35.6 Å². The molecule has 0 aliphatic carbocycles. The summed E-state index contributed by atoms with van der Waals surface area (Å²) in [6.07, 6.45) is -4.32. The van der Waals surface area contributed by atoms with E-state index in [1.54, 1.807) is 30.7 Å². The van der Waals surface area contributed by atoms with Crippen LogP contribution in [0.3, 0.4) is 0 Å². The zero-order chi connectivity index (χ0) is 43.6. The number of nitrogen functional groups attached to an aromatic ring is 2. The zero-order valence-corrected chi connectivity index (χ0v) is 34.1. The molecule has 0 saturated carbocycles. The van der Waals surface area contributed by atoms with Crippen LogP contribution in [0.25, 0.3) is 16.9 Å². The van der Waals surface area contributed by atoms with E-state index in [0.717, 1.165) is 28.6 Å². The number of carbonyl (C=O) groups excluding carboxylic acids is 1. The van der Waals surface area contributed by atoms with Crippen LogP contribution in [0.5, 0.6) is 0 Å². The number of esters is 1. The average Bonchev–Trinajstić information content (AvgIpc) is 3.71. The first-order chi connectivity index (χ1) is 26.6. The van der Waals surface area contributed by atoms with Gasteiger partial charge in [0.1, 0.15) is 35.7 Å². The number of phosphoric acid groups is 5. The first kappa shape index (κ1) is 47.3. The second-order valence-corrected chi connectivity index (χ2v) is 19.0. The molecule has 0 bridgehead atoms. The van der Waals surface area contributed by atoms with Gasteiger partial charge in [0, 0.05) is 5.69 Å².